The number of aliphatic carboxylic acids is 1. The van der Waals surface area contributed by atoms with Crippen LogP contribution in [0.4, 0.5) is 13.2 Å². The number of carboxylic acid groups (broad SMARTS) is 1. The number of aryl methyl sites for hydroxylation is 3. The third-order valence-electron chi connectivity index (χ3n) is 5.76. The molecule has 36 heavy (non-hydrogen) atoms. The Hall–Kier alpha value is -3.87. The first kappa shape index (κ1) is 25.2. The van der Waals surface area contributed by atoms with Gasteiger partial charge in [0.2, 0.25) is 5.89 Å². The zero-order valence-electron chi connectivity index (χ0n) is 19.3. The van der Waals surface area contributed by atoms with Crippen LogP contribution in [0.1, 0.15) is 25.0 Å². The highest BCUT2D eigenvalue weighted by molar-refractivity contribution is 7.22. The second kappa shape index (κ2) is 9.30. The van der Waals surface area contributed by atoms with E-state index in [2.05, 4.69) is 9.72 Å². The number of oxazole rings is 1. The largest absolute Gasteiger partial charge is 0.480 e. The second-order valence-electron chi connectivity index (χ2n) is 8.39. The van der Waals surface area contributed by atoms with Crippen molar-refractivity contribution < 1.29 is 32.2 Å². The number of benzene rings is 1. The number of carbonyl (C=O) groups is 1. The number of aromatic nitrogens is 3. The molecular weight excluding hydrogens is 503 g/mol. The average Bonchev–Trinajstić information content (AvgIpc) is 3.43. The monoisotopic (exact) mass is 523 g/mol. The van der Waals surface area contributed by atoms with Crippen molar-refractivity contribution in [3.8, 4) is 16.5 Å². The van der Waals surface area contributed by atoms with Gasteiger partial charge in [0.15, 0.2) is 0 Å². The number of ether oxygens (including phenoxy) is 1. The molecule has 0 aliphatic rings. The molecule has 0 bridgehead atoms. The first-order valence-corrected chi connectivity index (χ1v) is 11.4. The van der Waals surface area contributed by atoms with E-state index in [4.69, 9.17) is 4.42 Å². The molecule has 0 saturated carbocycles. The molecule has 0 unspecified atom stereocenters. The van der Waals surface area contributed by atoms with E-state index in [-0.39, 0.29) is 40.4 Å². The van der Waals surface area contributed by atoms with Crippen LogP contribution < -0.4 is 16.0 Å². The van der Waals surface area contributed by atoms with Crippen molar-refractivity contribution in [1.82, 2.24) is 14.1 Å². The zero-order valence-corrected chi connectivity index (χ0v) is 20.1. The van der Waals surface area contributed by atoms with Gasteiger partial charge in [-0.2, -0.15) is 8.78 Å². The molecule has 0 saturated heterocycles. The average molecular weight is 523 g/mol. The Bertz CT molecular complexity index is 1570. The van der Waals surface area contributed by atoms with Crippen LogP contribution in [0, 0.1) is 12.7 Å². The van der Waals surface area contributed by atoms with Gasteiger partial charge < -0.3 is 14.3 Å². The Balaban J connectivity index is 1.95. The Morgan fingerprint density at radius 1 is 1.31 bits per heavy atom. The molecule has 4 aromatic rings. The summed E-state index contributed by atoms with van der Waals surface area (Å²) in [6.45, 7) is 0.705. The van der Waals surface area contributed by atoms with E-state index in [1.807, 2.05) is 0 Å². The maximum Gasteiger partial charge on any atom is 0.387 e. The van der Waals surface area contributed by atoms with Crippen LogP contribution in [0.5, 0.6) is 5.75 Å². The molecule has 9 nitrogen and oxygen atoms in total. The number of nitrogens with zero attached hydrogens (tertiary/aromatic N) is 3. The van der Waals surface area contributed by atoms with E-state index >= 15 is 0 Å². The Morgan fingerprint density at radius 3 is 2.64 bits per heavy atom. The third-order valence-corrected chi connectivity index (χ3v) is 7.07. The molecule has 3 aromatic heterocycles. The van der Waals surface area contributed by atoms with E-state index in [0.717, 1.165) is 29.5 Å². The van der Waals surface area contributed by atoms with E-state index in [0.29, 0.717) is 15.0 Å². The van der Waals surface area contributed by atoms with Crippen molar-refractivity contribution in [3.63, 3.8) is 0 Å². The number of hydrogen-bond acceptors (Lipinski definition) is 7. The zero-order chi connectivity index (χ0) is 26.4. The number of hydrogen-bond donors (Lipinski definition) is 1. The van der Waals surface area contributed by atoms with Crippen molar-refractivity contribution >= 4 is 27.5 Å². The first-order valence-electron chi connectivity index (χ1n) is 10.6. The van der Waals surface area contributed by atoms with E-state index in [9.17, 15) is 32.7 Å². The predicted octanol–water partition coefficient (Wildman–Crippen LogP) is 3.99. The molecule has 0 fully saturated rings. The Morgan fingerprint density at radius 2 is 2.03 bits per heavy atom. The van der Waals surface area contributed by atoms with Crippen molar-refractivity contribution in [2.45, 2.75) is 45.9 Å². The first-order chi connectivity index (χ1) is 16.9. The summed E-state index contributed by atoms with van der Waals surface area (Å²) in [5.41, 5.74) is -3.15. The summed E-state index contributed by atoms with van der Waals surface area (Å²) >= 11 is 1.04. The van der Waals surface area contributed by atoms with Gasteiger partial charge in [-0.25, -0.2) is 23.5 Å². The van der Waals surface area contributed by atoms with Crippen LogP contribution >= 0.6 is 11.3 Å². The molecule has 13 heteroatoms. The van der Waals surface area contributed by atoms with Crippen LogP contribution in [-0.2, 0) is 23.3 Å². The highest BCUT2D eigenvalue weighted by Gasteiger charge is 2.35. The molecule has 4 rings (SSSR count). The molecule has 0 atom stereocenters. The van der Waals surface area contributed by atoms with Crippen LogP contribution in [-0.4, -0.2) is 31.8 Å². The summed E-state index contributed by atoms with van der Waals surface area (Å²) < 4.78 is 51.2. The van der Waals surface area contributed by atoms with Gasteiger partial charge in [-0.1, -0.05) is 0 Å². The molecular formula is C23H20F3N3O6S. The molecule has 0 aliphatic carbocycles. The fourth-order valence-electron chi connectivity index (χ4n) is 3.86. The van der Waals surface area contributed by atoms with Gasteiger partial charge in [-0.15, -0.1) is 11.3 Å². The number of rotatable bonds is 8. The number of halogens is 3. The highest BCUT2D eigenvalue weighted by atomic mass is 32.1. The smallest absolute Gasteiger partial charge is 0.387 e. The van der Waals surface area contributed by atoms with Gasteiger partial charge in [-0.3, -0.25) is 9.36 Å². The maximum absolute atomic E-state index is 13.9. The van der Waals surface area contributed by atoms with Gasteiger partial charge in [0.25, 0.3) is 5.56 Å². The summed E-state index contributed by atoms with van der Waals surface area (Å²) in [7, 11) is 0. The van der Waals surface area contributed by atoms with Crippen molar-refractivity contribution in [1.29, 1.82) is 0 Å². The van der Waals surface area contributed by atoms with Crippen LogP contribution in [0.15, 0.2) is 44.7 Å². The highest BCUT2D eigenvalue weighted by Crippen LogP contribution is 2.36. The van der Waals surface area contributed by atoms with E-state index in [1.165, 1.54) is 30.9 Å². The lowest BCUT2D eigenvalue weighted by Crippen LogP contribution is -2.52. The van der Waals surface area contributed by atoms with Gasteiger partial charge in [0.05, 0.1) is 16.5 Å². The van der Waals surface area contributed by atoms with Gasteiger partial charge in [0.1, 0.15) is 28.2 Å². The minimum absolute atomic E-state index is 0.0618. The number of carboxylic acids is 1. The molecule has 0 spiro atoms. The lowest BCUT2D eigenvalue weighted by atomic mass is 10.1. The summed E-state index contributed by atoms with van der Waals surface area (Å²) in [6, 6.07) is 3.03. The fraction of sp³-hybridized carbons (Fsp3) is 0.304. The van der Waals surface area contributed by atoms with Crippen LogP contribution in [0.2, 0.25) is 0 Å². The quantitative estimate of drug-likeness (QED) is 0.371. The normalized spacial score (nSPS) is 12.0. The van der Waals surface area contributed by atoms with Crippen molar-refractivity contribution in [3.05, 3.63) is 68.4 Å². The van der Waals surface area contributed by atoms with Crippen molar-refractivity contribution in [2.24, 2.45) is 0 Å². The summed E-state index contributed by atoms with van der Waals surface area (Å²) in [5.74, 6) is -2.17. The molecule has 0 amide bonds. The predicted molar refractivity (Wildman–Crippen MR) is 124 cm³/mol. The van der Waals surface area contributed by atoms with Crippen LogP contribution in [0.3, 0.4) is 0 Å². The molecule has 1 N–H and O–H groups in total. The Kier molecular flexibility index (Phi) is 6.52. The van der Waals surface area contributed by atoms with Crippen LogP contribution in [0.25, 0.3) is 21.0 Å². The lowest BCUT2D eigenvalue weighted by molar-refractivity contribution is -0.146. The third kappa shape index (κ3) is 4.30. The van der Waals surface area contributed by atoms with Crippen molar-refractivity contribution in [2.75, 3.05) is 0 Å². The standard InChI is InChI=1S/C23H20F3N3O6S/c1-11-15-18(30)29(23(2,3)20(31)32)22(33)28(19(15)36-16(11)17-27-7-9-34-17)8-6-12-10-13(24)4-5-14(12)35-21(25)26/h4-5,7,9-10,21H,6,8H2,1-3H3,(H,31,32). The Labute approximate surface area is 205 Å². The molecule has 0 aliphatic heterocycles. The lowest BCUT2D eigenvalue weighted by Gasteiger charge is -2.23. The minimum atomic E-state index is -3.15. The SMILES string of the molecule is Cc1c(-c2ncco2)sc2c1c(=O)n(C(C)(C)C(=O)O)c(=O)n2CCc1cc(F)ccc1OC(F)F. The van der Waals surface area contributed by atoms with Gasteiger partial charge >= 0.3 is 18.3 Å². The van der Waals surface area contributed by atoms with Gasteiger partial charge in [0, 0.05) is 6.54 Å². The minimum Gasteiger partial charge on any atom is -0.480 e. The number of fused-ring (bicyclic) bond motifs is 1. The topological polar surface area (TPSA) is 117 Å². The number of thiophene rings is 1. The molecule has 0 radical (unpaired) electrons. The second-order valence-corrected chi connectivity index (χ2v) is 9.39. The summed E-state index contributed by atoms with van der Waals surface area (Å²) in [5, 5.41) is 9.82. The van der Waals surface area contributed by atoms with E-state index < -0.39 is 35.2 Å². The summed E-state index contributed by atoms with van der Waals surface area (Å²) in [6.07, 6.45) is 2.62. The number of alkyl halides is 2. The molecule has 190 valence electrons. The van der Waals surface area contributed by atoms with Gasteiger partial charge in [-0.05, 0) is 56.5 Å². The molecule has 1 aromatic carbocycles. The fourth-order valence-corrected chi connectivity index (χ4v) is 5.12. The van der Waals surface area contributed by atoms with E-state index in [1.54, 1.807) is 6.92 Å². The summed E-state index contributed by atoms with van der Waals surface area (Å²) in [4.78, 5) is 43.7. The maximum atomic E-state index is 13.9. The molecule has 3 heterocycles.